The van der Waals surface area contributed by atoms with Gasteiger partial charge in [-0.1, -0.05) is 0 Å². The van der Waals surface area contributed by atoms with Crippen molar-refractivity contribution in [1.29, 1.82) is 0 Å². The number of amides is 1. The summed E-state index contributed by atoms with van der Waals surface area (Å²) in [6.07, 6.45) is -3.13. The van der Waals surface area contributed by atoms with E-state index in [1.165, 1.54) is 11.3 Å². The molecule has 0 aromatic carbocycles. The molecule has 0 unspecified atom stereocenters. The Kier molecular flexibility index (Phi) is 4.55. The van der Waals surface area contributed by atoms with E-state index in [-0.39, 0.29) is 24.8 Å². The summed E-state index contributed by atoms with van der Waals surface area (Å²) >= 11 is 4.67. The van der Waals surface area contributed by atoms with Crippen molar-refractivity contribution in [2.24, 2.45) is 5.92 Å². The molecule has 1 aromatic heterocycles. The minimum Gasteiger partial charge on any atom is -0.349 e. The van der Waals surface area contributed by atoms with Crippen LogP contribution in [0.1, 0.15) is 36.0 Å². The van der Waals surface area contributed by atoms with E-state index < -0.39 is 12.1 Å². The molecule has 7 heteroatoms. The Morgan fingerprint density at radius 2 is 1.95 bits per heavy atom. The maximum absolute atomic E-state index is 12.5. The molecular weight excluding hydrogens is 343 g/mol. The van der Waals surface area contributed by atoms with E-state index in [9.17, 15) is 18.0 Å². The van der Waals surface area contributed by atoms with Crippen LogP contribution >= 0.6 is 27.3 Å². The van der Waals surface area contributed by atoms with Crippen LogP contribution in [0.3, 0.4) is 0 Å². The van der Waals surface area contributed by atoms with E-state index in [1.807, 2.05) is 0 Å². The normalized spacial score (nSPS) is 24.2. The van der Waals surface area contributed by atoms with Gasteiger partial charge >= 0.3 is 6.18 Å². The van der Waals surface area contributed by atoms with Gasteiger partial charge in [-0.15, -0.1) is 11.3 Å². The second kappa shape index (κ2) is 5.83. The minimum absolute atomic E-state index is 0.0990. The molecule has 106 valence electrons. The summed E-state index contributed by atoms with van der Waals surface area (Å²) in [7, 11) is 0. The van der Waals surface area contributed by atoms with Crippen molar-refractivity contribution in [3.8, 4) is 0 Å². The Balaban J connectivity index is 1.84. The van der Waals surface area contributed by atoms with Crippen molar-refractivity contribution in [3.63, 3.8) is 0 Å². The molecule has 1 saturated carbocycles. The summed E-state index contributed by atoms with van der Waals surface area (Å²) in [6.45, 7) is 0. The summed E-state index contributed by atoms with van der Waals surface area (Å²) in [5.74, 6) is -1.42. The van der Waals surface area contributed by atoms with Gasteiger partial charge in [0.1, 0.15) is 0 Å². The fourth-order valence-electron chi connectivity index (χ4n) is 2.26. The Labute approximate surface area is 121 Å². The van der Waals surface area contributed by atoms with Gasteiger partial charge in [-0.05, 0) is 47.7 Å². The van der Waals surface area contributed by atoms with Crippen molar-refractivity contribution in [2.45, 2.75) is 37.9 Å². The van der Waals surface area contributed by atoms with Crippen molar-refractivity contribution in [3.05, 3.63) is 20.8 Å². The molecule has 0 atom stereocenters. The monoisotopic (exact) mass is 355 g/mol. The lowest BCUT2D eigenvalue weighted by molar-refractivity contribution is -0.182. The first-order valence-corrected chi connectivity index (χ1v) is 7.65. The first-order valence-electron chi connectivity index (χ1n) is 5.98. The Hall–Kier alpha value is -0.560. The molecule has 1 aliphatic carbocycles. The number of nitrogens with one attached hydrogen (secondary N) is 1. The van der Waals surface area contributed by atoms with Gasteiger partial charge in [-0.2, -0.15) is 13.2 Å². The number of carbonyl (C=O) groups excluding carboxylic acids is 1. The van der Waals surface area contributed by atoms with E-state index in [2.05, 4.69) is 21.2 Å². The van der Waals surface area contributed by atoms with Crippen molar-refractivity contribution in [1.82, 2.24) is 5.32 Å². The molecule has 1 aliphatic rings. The topological polar surface area (TPSA) is 29.1 Å². The van der Waals surface area contributed by atoms with Crippen molar-refractivity contribution < 1.29 is 18.0 Å². The van der Waals surface area contributed by atoms with Gasteiger partial charge in [-0.25, -0.2) is 0 Å². The fourth-order valence-corrected chi connectivity index (χ4v) is 3.40. The minimum atomic E-state index is -4.10. The number of halogens is 4. The molecule has 0 spiro atoms. The van der Waals surface area contributed by atoms with Gasteiger partial charge in [0.2, 0.25) is 0 Å². The maximum atomic E-state index is 12.5. The lowest BCUT2D eigenvalue weighted by Gasteiger charge is -2.30. The zero-order valence-electron chi connectivity index (χ0n) is 9.97. The van der Waals surface area contributed by atoms with Crippen LogP contribution in [-0.4, -0.2) is 18.1 Å². The highest BCUT2D eigenvalue weighted by atomic mass is 79.9. The SMILES string of the molecule is O=C(NC1CCC(C(F)(F)F)CC1)c1csc(Br)c1. The van der Waals surface area contributed by atoms with Gasteiger partial charge in [0, 0.05) is 11.4 Å². The number of carbonyl (C=O) groups is 1. The summed E-state index contributed by atoms with van der Waals surface area (Å²) in [4.78, 5) is 11.9. The molecule has 1 fully saturated rings. The smallest absolute Gasteiger partial charge is 0.349 e. The summed E-state index contributed by atoms with van der Waals surface area (Å²) in [5.41, 5.74) is 0.551. The highest BCUT2D eigenvalue weighted by Gasteiger charge is 2.41. The molecule has 1 heterocycles. The lowest BCUT2D eigenvalue weighted by Crippen LogP contribution is -2.39. The van der Waals surface area contributed by atoms with Crippen LogP contribution in [0.5, 0.6) is 0 Å². The average molecular weight is 356 g/mol. The standard InChI is InChI=1S/C12H13BrF3NOS/c13-10-5-7(6-19-10)11(18)17-9-3-1-8(2-4-9)12(14,15)16/h5-6,8-9H,1-4H2,(H,17,18). The number of thiophene rings is 1. The third-order valence-corrected chi connectivity index (χ3v) is 4.86. The highest BCUT2D eigenvalue weighted by molar-refractivity contribution is 9.11. The molecule has 0 bridgehead atoms. The molecule has 0 saturated heterocycles. The zero-order valence-corrected chi connectivity index (χ0v) is 12.4. The quantitative estimate of drug-likeness (QED) is 0.838. The second-order valence-electron chi connectivity index (χ2n) is 4.70. The van der Waals surface area contributed by atoms with E-state index in [1.54, 1.807) is 11.4 Å². The van der Waals surface area contributed by atoms with Gasteiger partial charge in [-0.3, -0.25) is 4.79 Å². The van der Waals surface area contributed by atoms with Crippen molar-refractivity contribution >= 4 is 33.2 Å². The Morgan fingerprint density at radius 3 is 2.42 bits per heavy atom. The number of rotatable bonds is 2. The van der Waals surface area contributed by atoms with Crippen molar-refractivity contribution in [2.75, 3.05) is 0 Å². The van der Waals surface area contributed by atoms with Gasteiger partial charge < -0.3 is 5.32 Å². The molecule has 2 nitrogen and oxygen atoms in total. The summed E-state index contributed by atoms with van der Waals surface area (Å²) in [5, 5.41) is 4.52. The molecule has 1 amide bonds. The Morgan fingerprint density at radius 1 is 1.32 bits per heavy atom. The number of hydrogen-bond acceptors (Lipinski definition) is 2. The Bertz CT molecular complexity index is 452. The predicted molar refractivity (Wildman–Crippen MR) is 71.3 cm³/mol. The molecule has 0 aliphatic heterocycles. The third kappa shape index (κ3) is 3.95. The van der Waals surface area contributed by atoms with E-state index in [0.29, 0.717) is 18.4 Å². The van der Waals surface area contributed by atoms with Crippen LogP contribution in [-0.2, 0) is 0 Å². The van der Waals surface area contributed by atoms with Gasteiger partial charge in [0.25, 0.3) is 5.91 Å². The van der Waals surface area contributed by atoms with Crippen LogP contribution < -0.4 is 5.32 Å². The largest absolute Gasteiger partial charge is 0.391 e. The molecule has 0 radical (unpaired) electrons. The van der Waals surface area contributed by atoms with Crippen LogP contribution in [0.2, 0.25) is 0 Å². The predicted octanol–water partition coefficient (Wildman–Crippen LogP) is 4.36. The highest BCUT2D eigenvalue weighted by Crippen LogP contribution is 2.37. The van der Waals surface area contributed by atoms with E-state index in [4.69, 9.17) is 0 Å². The molecule has 19 heavy (non-hydrogen) atoms. The van der Waals surface area contributed by atoms with Crippen LogP contribution in [0.25, 0.3) is 0 Å². The average Bonchev–Trinajstić information content (AvgIpc) is 2.75. The van der Waals surface area contributed by atoms with Gasteiger partial charge in [0.05, 0.1) is 15.3 Å². The second-order valence-corrected chi connectivity index (χ2v) is 6.99. The maximum Gasteiger partial charge on any atom is 0.391 e. The van der Waals surface area contributed by atoms with Gasteiger partial charge in [0.15, 0.2) is 0 Å². The summed E-state index contributed by atoms with van der Waals surface area (Å²) in [6, 6.07) is 1.56. The van der Waals surface area contributed by atoms with E-state index >= 15 is 0 Å². The molecule has 1 aromatic rings. The van der Waals surface area contributed by atoms with Crippen LogP contribution in [0, 0.1) is 5.92 Å². The zero-order chi connectivity index (χ0) is 14.0. The lowest BCUT2D eigenvalue weighted by atomic mass is 9.85. The number of hydrogen-bond donors (Lipinski definition) is 1. The van der Waals surface area contributed by atoms with Crippen LogP contribution in [0.4, 0.5) is 13.2 Å². The molecular formula is C12H13BrF3NOS. The number of alkyl halides is 3. The first kappa shape index (κ1) is 14.8. The fraction of sp³-hybridized carbons (Fsp3) is 0.583. The van der Waals surface area contributed by atoms with E-state index in [0.717, 1.165) is 3.79 Å². The molecule has 1 N–H and O–H groups in total. The van der Waals surface area contributed by atoms with Crippen LogP contribution in [0.15, 0.2) is 15.2 Å². The third-order valence-electron chi connectivity index (χ3n) is 3.35. The molecule has 2 rings (SSSR count). The summed E-state index contributed by atoms with van der Waals surface area (Å²) < 4.78 is 38.4. The first-order chi connectivity index (χ1) is 8.86.